The van der Waals surface area contributed by atoms with Crippen molar-refractivity contribution in [1.29, 1.82) is 0 Å². The fourth-order valence-corrected chi connectivity index (χ4v) is 2.84. The van der Waals surface area contributed by atoms with Crippen LogP contribution in [-0.4, -0.2) is 0 Å². The van der Waals surface area contributed by atoms with Gasteiger partial charge in [-0.15, -0.1) is 0 Å². The molecule has 0 fully saturated rings. The lowest BCUT2D eigenvalue weighted by molar-refractivity contribution is 0.398. The van der Waals surface area contributed by atoms with Crippen molar-refractivity contribution in [3.63, 3.8) is 0 Å². The smallest absolute Gasteiger partial charge is 0.0170 e. The van der Waals surface area contributed by atoms with Gasteiger partial charge in [-0.05, 0) is 36.5 Å². The maximum atomic E-state index is 2.38. The van der Waals surface area contributed by atoms with E-state index in [9.17, 15) is 0 Å². The van der Waals surface area contributed by atoms with Gasteiger partial charge in [0.2, 0.25) is 0 Å². The Kier molecular flexibility index (Phi) is 4.42. The Hall–Kier alpha value is -1.04. The summed E-state index contributed by atoms with van der Waals surface area (Å²) >= 11 is 0. The molecule has 0 saturated carbocycles. The number of rotatable bonds is 4. The Morgan fingerprint density at radius 2 is 1.06 bits per heavy atom. The normalized spacial score (nSPS) is 35.4. The molecule has 0 heteroatoms. The summed E-state index contributed by atoms with van der Waals surface area (Å²) in [6.45, 7) is 4.66. The van der Waals surface area contributed by atoms with Crippen LogP contribution >= 0.6 is 0 Å². The van der Waals surface area contributed by atoms with Crippen LogP contribution in [0.4, 0.5) is 0 Å². The van der Waals surface area contributed by atoms with E-state index in [0.29, 0.717) is 0 Å². The molecule has 4 unspecified atom stereocenters. The number of hydrogen-bond donors (Lipinski definition) is 0. The minimum absolute atomic E-state index is 0.721. The predicted octanol–water partition coefficient (Wildman–Crippen LogP) is 4.91. The highest BCUT2D eigenvalue weighted by Gasteiger charge is 2.17. The molecule has 0 radical (unpaired) electrons. The molecule has 0 aromatic rings. The molecule has 0 heterocycles. The SMILES string of the molecule is CC1C=CC=CC1CCCC1C=CC=CC1C. The van der Waals surface area contributed by atoms with Crippen molar-refractivity contribution in [3.8, 4) is 0 Å². The Morgan fingerprint density at radius 1 is 0.647 bits per heavy atom. The summed E-state index contributed by atoms with van der Waals surface area (Å²) in [6.07, 6.45) is 22.2. The van der Waals surface area contributed by atoms with Crippen LogP contribution in [0.2, 0.25) is 0 Å². The summed E-state index contributed by atoms with van der Waals surface area (Å²) in [5.41, 5.74) is 0. The molecule has 0 spiro atoms. The second-order valence-electron chi connectivity index (χ2n) is 5.52. The largest absolute Gasteiger partial charge is 0.0811 e. The van der Waals surface area contributed by atoms with Gasteiger partial charge in [-0.3, -0.25) is 0 Å². The summed E-state index contributed by atoms with van der Waals surface area (Å²) in [6, 6.07) is 0. The molecule has 0 bridgehead atoms. The van der Waals surface area contributed by atoms with E-state index in [1.54, 1.807) is 0 Å². The van der Waals surface area contributed by atoms with E-state index in [4.69, 9.17) is 0 Å². The maximum absolute atomic E-state index is 2.38. The second-order valence-corrected chi connectivity index (χ2v) is 5.52. The van der Waals surface area contributed by atoms with Crippen molar-refractivity contribution in [1.82, 2.24) is 0 Å². The van der Waals surface area contributed by atoms with Crippen LogP contribution in [-0.2, 0) is 0 Å². The van der Waals surface area contributed by atoms with Gasteiger partial charge in [0.05, 0.1) is 0 Å². The van der Waals surface area contributed by atoms with Gasteiger partial charge in [-0.2, -0.15) is 0 Å². The molecule has 0 aromatic heterocycles. The highest BCUT2D eigenvalue weighted by molar-refractivity contribution is 5.14. The van der Waals surface area contributed by atoms with Crippen LogP contribution in [0.15, 0.2) is 48.6 Å². The number of allylic oxidation sites excluding steroid dienone is 8. The Bertz CT molecular complexity index is 309. The van der Waals surface area contributed by atoms with Crippen molar-refractivity contribution >= 4 is 0 Å². The highest BCUT2D eigenvalue weighted by atomic mass is 14.2. The first-order valence-corrected chi connectivity index (χ1v) is 6.97. The number of hydrogen-bond acceptors (Lipinski definition) is 0. The summed E-state index contributed by atoms with van der Waals surface area (Å²) in [5.74, 6) is 2.97. The lowest BCUT2D eigenvalue weighted by Crippen LogP contribution is -2.12. The van der Waals surface area contributed by atoms with Crippen LogP contribution in [0.1, 0.15) is 33.1 Å². The summed E-state index contributed by atoms with van der Waals surface area (Å²) in [5, 5.41) is 0. The van der Waals surface area contributed by atoms with Gasteiger partial charge in [-0.25, -0.2) is 0 Å². The highest BCUT2D eigenvalue weighted by Crippen LogP contribution is 2.28. The molecular formula is C17H24. The lowest BCUT2D eigenvalue weighted by atomic mass is 9.82. The summed E-state index contributed by atoms with van der Waals surface area (Å²) in [4.78, 5) is 0. The van der Waals surface area contributed by atoms with E-state index in [0.717, 1.165) is 23.7 Å². The van der Waals surface area contributed by atoms with Crippen molar-refractivity contribution in [2.45, 2.75) is 33.1 Å². The van der Waals surface area contributed by atoms with E-state index in [2.05, 4.69) is 62.5 Å². The molecule has 2 aliphatic carbocycles. The molecule has 0 aliphatic heterocycles. The lowest BCUT2D eigenvalue weighted by Gasteiger charge is -2.23. The molecule has 2 aliphatic rings. The average Bonchev–Trinajstić information content (AvgIpc) is 2.34. The molecule has 17 heavy (non-hydrogen) atoms. The minimum Gasteiger partial charge on any atom is -0.0811 e. The first-order valence-electron chi connectivity index (χ1n) is 6.97. The van der Waals surface area contributed by atoms with Crippen LogP contribution in [0.3, 0.4) is 0 Å². The van der Waals surface area contributed by atoms with Crippen molar-refractivity contribution in [3.05, 3.63) is 48.6 Å². The molecule has 0 N–H and O–H groups in total. The Balaban J connectivity index is 1.73. The van der Waals surface area contributed by atoms with E-state index < -0.39 is 0 Å². The molecule has 0 saturated heterocycles. The molecule has 2 rings (SSSR count). The van der Waals surface area contributed by atoms with Gasteiger partial charge in [0, 0.05) is 0 Å². The van der Waals surface area contributed by atoms with Gasteiger partial charge in [0.15, 0.2) is 0 Å². The predicted molar refractivity (Wildman–Crippen MR) is 75.7 cm³/mol. The van der Waals surface area contributed by atoms with Crippen LogP contribution in [0.5, 0.6) is 0 Å². The third kappa shape index (κ3) is 3.46. The molecule has 4 atom stereocenters. The van der Waals surface area contributed by atoms with E-state index in [1.165, 1.54) is 19.3 Å². The standard InChI is InChI=1S/C17H24/c1-14-8-3-5-10-16(14)12-7-13-17-11-6-4-9-15(17)2/h3-6,8-11,14-17H,7,12-13H2,1-2H3. The zero-order valence-corrected chi connectivity index (χ0v) is 11.0. The monoisotopic (exact) mass is 228 g/mol. The van der Waals surface area contributed by atoms with Crippen molar-refractivity contribution in [2.75, 3.05) is 0 Å². The van der Waals surface area contributed by atoms with Crippen LogP contribution < -0.4 is 0 Å². The van der Waals surface area contributed by atoms with Gasteiger partial charge in [-0.1, -0.05) is 68.9 Å². The fourth-order valence-electron chi connectivity index (χ4n) is 2.84. The zero-order chi connectivity index (χ0) is 12.1. The average molecular weight is 228 g/mol. The van der Waals surface area contributed by atoms with Gasteiger partial charge in [0.25, 0.3) is 0 Å². The van der Waals surface area contributed by atoms with E-state index >= 15 is 0 Å². The first kappa shape index (κ1) is 12.4. The van der Waals surface area contributed by atoms with Crippen LogP contribution in [0, 0.1) is 23.7 Å². The van der Waals surface area contributed by atoms with E-state index in [-0.39, 0.29) is 0 Å². The summed E-state index contributed by atoms with van der Waals surface area (Å²) in [7, 11) is 0. The third-order valence-corrected chi connectivity index (χ3v) is 4.19. The second kappa shape index (κ2) is 6.05. The molecular weight excluding hydrogens is 204 g/mol. The first-order chi connectivity index (χ1) is 8.27. The van der Waals surface area contributed by atoms with Gasteiger partial charge < -0.3 is 0 Å². The van der Waals surface area contributed by atoms with Crippen molar-refractivity contribution < 1.29 is 0 Å². The third-order valence-electron chi connectivity index (χ3n) is 4.19. The summed E-state index contributed by atoms with van der Waals surface area (Å²) < 4.78 is 0. The minimum atomic E-state index is 0.721. The molecule has 0 amide bonds. The van der Waals surface area contributed by atoms with E-state index in [1.807, 2.05) is 0 Å². The van der Waals surface area contributed by atoms with Crippen LogP contribution in [0.25, 0.3) is 0 Å². The molecule has 92 valence electrons. The zero-order valence-electron chi connectivity index (χ0n) is 11.0. The van der Waals surface area contributed by atoms with Gasteiger partial charge >= 0.3 is 0 Å². The Labute approximate surface area is 106 Å². The van der Waals surface area contributed by atoms with Gasteiger partial charge in [0.1, 0.15) is 0 Å². The maximum Gasteiger partial charge on any atom is -0.0170 e. The molecule has 0 aromatic carbocycles. The topological polar surface area (TPSA) is 0 Å². The quantitative estimate of drug-likeness (QED) is 0.641. The van der Waals surface area contributed by atoms with Crippen molar-refractivity contribution in [2.24, 2.45) is 23.7 Å². The molecule has 0 nitrogen and oxygen atoms in total. The Morgan fingerprint density at radius 3 is 1.47 bits per heavy atom. The fraction of sp³-hybridized carbons (Fsp3) is 0.529.